The quantitative estimate of drug-likeness (QED) is 0.907. The fourth-order valence-electron chi connectivity index (χ4n) is 2.62. The second-order valence-electron chi connectivity index (χ2n) is 5.84. The molecular formula is C18H20FN3OS. The van der Waals surface area contributed by atoms with Crippen molar-refractivity contribution in [3.8, 4) is 0 Å². The van der Waals surface area contributed by atoms with Crippen LogP contribution in [0.4, 0.5) is 20.6 Å². The predicted octanol–water partition coefficient (Wildman–Crippen LogP) is 4.17. The smallest absolute Gasteiger partial charge is 0.323 e. The van der Waals surface area contributed by atoms with E-state index in [1.165, 1.54) is 12.1 Å². The van der Waals surface area contributed by atoms with Crippen molar-refractivity contribution in [3.05, 3.63) is 59.9 Å². The molecule has 0 spiro atoms. The molecule has 1 aliphatic rings. The van der Waals surface area contributed by atoms with Gasteiger partial charge in [-0.15, -0.1) is 11.8 Å². The van der Waals surface area contributed by atoms with Crippen molar-refractivity contribution in [2.24, 2.45) is 0 Å². The summed E-state index contributed by atoms with van der Waals surface area (Å²) in [4.78, 5) is 16.4. The molecule has 1 N–H and O–H groups in total. The number of thioether (sulfide) groups is 1. The molecular weight excluding hydrogens is 325 g/mol. The summed E-state index contributed by atoms with van der Waals surface area (Å²) >= 11 is 1.75. The molecule has 2 aromatic rings. The number of nitrogens with one attached hydrogen (secondary N) is 1. The fraction of sp³-hybridized carbons (Fsp3) is 0.278. The summed E-state index contributed by atoms with van der Waals surface area (Å²) in [5.41, 5.74) is 2.83. The van der Waals surface area contributed by atoms with Gasteiger partial charge in [0, 0.05) is 37.8 Å². The molecule has 1 atom stereocenters. The summed E-state index contributed by atoms with van der Waals surface area (Å²) in [6, 6.07) is 13.9. The van der Waals surface area contributed by atoms with Gasteiger partial charge in [-0.1, -0.05) is 12.1 Å². The van der Waals surface area contributed by atoms with Gasteiger partial charge in [-0.05, 0) is 42.0 Å². The van der Waals surface area contributed by atoms with E-state index in [0.29, 0.717) is 12.2 Å². The van der Waals surface area contributed by atoms with Crippen molar-refractivity contribution in [1.82, 2.24) is 4.90 Å². The van der Waals surface area contributed by atoms with Crippen LogP contribution in [0, 0.1) is 5.82 Å². The number of rotatable bonds is 3. The molecule has 2 amide bonds. The second-order valence-corrected chi connectivity index (χ2v) is 7.03. The van der Waals surface area contributed by atoms with Crippen LogP contribution in [0.15, 0.2) is 48.5 Å². The van der Waals surface area contributed by atoms with E-state index in [9.17, 15) is 9.18 Å². The first-order chi connectivity index (χ1) is 11.5. The molecule has 0 bridgehead atoms. The lowest BCUT2D eigenvalue weighted by Gasteiger charge is -2.25. The van der Waals surface area contributed by atoms with Crippen LogP contribution in [-0.2, 0) is 0 Å². The summed E-state index contributed by atoms with van der Waals surface area (Å²) < 4.78 is 13.0. The number of halogens is 1. The average molecular weight is 345 g/mol. The van der Waals surface area contributed by atoms with Crippen LogP contribution in [0.25, 0.3) is 0 Å². The van der Waals surface area contributed by atoms with Crippen LogP contribution >= 0.6 is 11.8 Å². The molecule has 0 aliphatic carbocycles. The van der Waals surface area contributed by atoms with Crippen LogP contribution in [-0.4, -0.2) is 37.3 Å². The second kappa shape index (κ2) is 7.13. The molecule has 4 nitrogen and oxygen atoms in total. The van der Waals surface area contributed by atoms with Crippen LogP contribution in [0.3, 0.4) is 0 Å². The Morgan fingerprint density at radius 3 is 2.46 bits per heavy atom. The third-order valence-electron chi connectivity index (χ3n) is 3.94. The molecule has 3 rings (SSSR count). The van der Waals surface area contributed by atoms with Gasteiger partial charge in [-0.3, -0.25) is 0 Å². The minimum atomic E-state index is -0.316. The Kier molecular flexibility index (Phi) is 4.94. The van der Waals surface area contributed by atoms with Crippen molar-refractivity contribution in [2.75, 3.05) is 36.6 Å². The molecule has 2 aromatic carbocycles. The monoisotopic (exact) mass is 345 g/mol. The molecule has 1 aliphatic heterocycles. The number of benzene rings is 2. The lowest BCUT2D eigenvalue weighted by molar-refractivity contribution is 0.214. The topological polar surface area (TPSA) is 35.6 Å². The predicted molar refractivity (Wildman–Crippen MR) is 98.1 cm³/mol. The van der Waals surface area contributed by atoms with Crippen molar-refractivity contribution >= 4 is 29.2 Å². The number of carbonyl (C=O) groups excluding carboxylic acids is 1. The molecule has 1 unspecified atom stereocenters. The van der Waals surface area contributed by atoms with Crippen molar-refractivity contribution in [2.45, 2.75) is 5.37 Å². The highest BCUT2D eigenvalue weighted by Crippen LogP contribution is 2.38. The van der Waals surface area contributed by atoms with E-state index in [1.54, 1.807) is 23.9 Å². The zero-order valence-corrected chi connectivity index (χ0v) is 14.5. The summed E-state index contributed by atoms with van der Waals surface area (Å²) in [6.45, 7) is 0.692. The van der Waals surface area contributed by atoms with Gasteiger partial charge in [0.2, 0.25) is 0 Å². The Labute approximate surface area is 145 Å². The van der Waals surface area contributed by atoms with Crippen LogP contribution in [0.5, 0.6) is 0 Å². The fourth-order valence-corrected chi connectivity index (χ4v) is 3.88. The van der Waals surface area contributed by atoms with Crippen molar-refractivity contribution in [3.63, 3.8) is 0 Å². The molecule has 1 heterocycles. The van der Waals surface area contributed by atoms with Gasteiger partial charge < -0.3 is 15.1 Å². The molecule has 0 saturated carbocycles. The highest BCUT2D eigenvalue weighted by atomic mass is 32.2. The third-order valence-corrected chi connectivity index (χ3v) is 5.20. The van der Waals surface area contributed by atoms with Crippen LogP contribution in [0.1, 0.15) is 10.9 Å². The highest BCUT2D eigenvalue weighted by molar-refractivity contribution is 7.99. The van der Waals surface area contributed by atoms with E-state index in [0.717, 1.165) is 17.0 Å². The molecule has 1 fully saturated rings. The summed E-state index contributed by atoms with van der Waals surface area (Å²) in [5.74, 6) is 0.584. The van der Waals surface area contributed by atoms with E-state index in [2.05, 4.69) is 29.6 Å². The molecule has 1 saturated heterocycles. The minimum Gasteiger partial charge on any atom is -0.378 e. The molecule has 6 heteroatoms. The van der Waals surface area contributed by atoms with E-state index in [1.807, 2.05) is 23.9 Å². The Bertz CT molecular complexity index is 703. The number of anilines is 2. The first kappa shape index (κ1) is 16.6. The summed E-state index contributed by atoms with van der Waals surface area (Å²) in [6.07, 6.45) is 0. The van der Waals surface area contributed by atoms with Gasteiger partial charge in [0.1, 0.15) is 11.2 Å². The van der Waals surface area contributed by atoms with E-state index < -0.39 is 0 Å². The Morgan fingerprint density at radius 1 is 1.17 bits per heavy atom. The Hall–Kier alpha value is -2.21. The standard InChI is InChI=1S/C18H20FN3OS/c1-21(2)16-9-3-13(4-10-16)17-22(11-12-24-17)18(23)20-15-7-5-14(19)6-8-15/h3-10,17H,11-12H2,1-2H3,(H,20,23). The van der Waals surface area contributed by atoms with Crippen molar-refractivity contribution < 1.29 is 9.18 Å². The first-order valence-electron chi connectivity index (χ1n) is 7.76. The molecule has 0 aromatic heterocycles. The lowest BCUT2D eigenvalue weighted by Crippen LogP contribution is -2.34. The lowest BCUT2D eigenvalue weighted by atomic mass is 10.2. The molecule has 126 valence electrons. The zero-order chi connectivity index (χ0) is 17.1. The number of nitrogens with zero attached hydrogens (tertiary/aromatic N) is 2. The number of hydrogen-bond donors (Lipinski definition) is 1. The normalized spacial score (nSPS) is 17.0. The van der Waals surface area contributed by atoms with E-state index in [4.69, 9.17) is 0 Å². The maximum absolute atomic E-state index is 13.0. The average Bonchev–Trinajstić information content (AvgIpc) is 3.07. The number of hydrogen-bond acceptors (Lipinski definition) is 3. The highest BCUT2D eigenvalue weighted by Gasteiger charge is 2.30. The van der Waals surface area contributed by atoms with E-state index >= 15 is 0 Å². The number of amides is 2. The summed E-state index contributed by atoms with van der Waals surface area (Å²) in [7, 11) is 4.00. The Morgan fingerprint density at radius 2 is 1.83 bits per heavy atom. The minimum absolute atomic E-state index is 0.00154. The van der Waals surface area contributed by atoms with Gasteiger partial charge >= 0.3 is 6.03 Å². The van der Waals surface area contributed by atoms with Gasteiger partial charge in [0.25, 0.3) is 0 Å². The SMILES string of the molecule is CN(C)c1ccc(C2SCCN2C(=O)Nc2ccc(F)cc2)cc1. The largest absolute Gasteiger partial charge is 0.378 e. The number of carbonyl (C=O) groups is 1. The first-order valence-corrected chi connectivity index (χ1v) is 8.81. The van der Waals surface area contributed by atoms with Gasteiger partial charge in [0.15, 0.2) is 0 Å². The summed E-state index contributed by atoms with van der Waals surface area (Å²) in [5, 5.41) is 2.84. The Balaban J connectivity index is 1.72. The maximum Gasteiger partial charge on any atom is 0.323 e. The third kappa shape index (κ3) is 3.64. The van der Waals surface area contributed by atoms with Gasteiger partial charge in [0.05, 0.1) is 0 Å². The van der Waals surface area contributed by atoms with Crippen LogP contribution in [0.2, 0.25) is 0 Å². The van der Waals surface area contributed by atoms with Crippen LogP contribution < -0.4 is 10.2 Å². The number of urea groups is 1. The van der Waals surface area contributed by atoms with Gasteiger partial charge in [-0.2, -0.15) is 0 Å². The molecule has 0 radical (unpaired) electrons. The van der Waals surface area contributed by atoms with Gasteiger partial charge in [-0.25, -0.2) is 9.18 Å². The molecule has 24 heavy (non-hydrogen) atoms. The van der Waals surface area contributed by atoms with Crippen molar-refractivity contribution in [1.29, 1.82) is 0 Å². The zero-order valence-electron chi connectivity index (χ0n) is 13.7. The van der Waals surface area contributed by atoms with E-state index in [-0.39, 0.29) is 17.2 Å². The maximum atomic E-state index is 13.0.